The van der Waals surface area contributed by atoms with Crippen molar-refractivity contribution >= 4 is 17.3 Å². The van der Waals surface area contributed by atoms with Gasteiger partial charge in [-0.25, -0.2) is 0 Å². The van der Waals surface area contributed by atoms with Crippen molar-refractivity contribution in [2.24, 2.45) is 0 Å². The fourth-order valence-corrected chi connectivity index (χ4v) is 4.18. The normalized spacial score (nSPS) is 20.3. The summed E-state index contributed by atoms with van der Waals surface area (Å²) < 4.78 is 49.8. The molecule has 35 heavy (non-hydrogen) atoms. The van der Waals surface area contributed by atoms with Gasteiger partial charge in [0.25, 0.3) is 0 Å². The number of rotatable bonds is 5. The molecule has 1 fully saturated rings. The van der Waals surface area contributed by atoms with Crippen LogP contribution in [0.2, 0.25) is 0 Å². The minimum atomic E-state index is -4.82. The first kappa shape index (κ1) is 22.9. The Morgan fingerprint density at radius 1 is 1.23 bits per heavy atom. The molecule has 0 aliphatic carbocycles. The second kappa shape index (κ2) is 8.73. The number of anilines is 2. The monoisotopic (exact) mass is 486 g/mol. The van der Waals surface area contributed by atoms with Crippen molar-refractivity contribution in [2.75, 3.05) is 17.3 Å². The van der Waals surface area contributed by atoms with Crippen molar-refractivity contribution < 1.29 is 32.5 Å². The number of alkyl halides is 3. The maximum Gasteiger partial charge on any atom is 0.420 e. The number of nitrogens with zero attached hydrogens (tertiary/aromatic N) is 3. The summed E-state index contributed by atoms with van der Waals surface area (Å²) in [6.45, 7) is 0. The number of fused-ring (bicyclic) bond motifs is 1. The van der Waals surface area contributed by atoms with Gasteiger partial charge >= 0.3 is 12.1 Å². The number of carbonyl (C=O) groups is 1. The lowest BCUT2D eigenvalue weighted by molar-refractivity contribution is -0.208. The van der Waals surface area contributed by atoms with Crippen molar-refractivity contribution in [1.29, 1.82) is 0 Å². The van der Waals surface area contributed by atoms with Crippen LogP contribution in [0.3, 0.4) is 0 Å². The van der Waals surface area contributed by atoms with Crippen LogP contribution in [0.1, 0.15) is 48.2 Å². The Kier molecular flexibility index (Phi) is 5.72. The number of ether oxygens (including phenoxy) is 2. The lowest BCUT2D eigenvalue weighted by Gasteiger charge is -2.22. The van der Waals surface area contributed by atoms with Gasteiger partial charge in [0.15, 0.2) is 6.10 Å². The van der Waals surface area contributed by atoms with Crippen molar-refractivity contribution in [3.63, 3.8) is 0 Å². The Hall–Kier alpha value is -3.86. The van der Waals surface area contributed by atoms with Crippen LogP contribution in [0, 0.1) is 0 Å². The zero-order valence-electron chi connectivity index (χ0n) is 18.5. The van der Waals surface area contributed by atoms with E-state index in [9.17, 15) is 23.1 Å². The Bertz CT molecular complexity index is 1240. The lowest BCUT2D eigenvalue weighted by Crippen LogP contribution is -2.24. The summed E-state index contributed by atoms with van der Waals surface area (Å²) >= 11 is 0. The summed E-state index contributed by atoms with van der Waals surface area (Å²) in [5, 5.41) is 12.8. The molecule has 0 saturated carbocycles. The van der Waals surface area contributed by atoms with Gasteiger partial charge in [-0.2, -0.15) is 13.2 Å². The van der Waals surface area contributed by atoms with Crippen LogP contribution in [0.5, 0.6) is 11.5 Å². The molecule has 11 heteroatoms. The van der Waals surface area contributed by atoms with Crippen LogP contribution in [0.4, 0.5) is 24.5 Å². The molecule has 4 heterocycles. The molecule has 3 unspecified atom stereocenters. The van der Waals surface area contributed by atoms with Gasteiger partial charge in [0.05, 0.1) is 29.0 Å². The van der Waals surface area contributed by atoms with Crippen LogP contribution in [0.25, 0.3) is 0 Å². The maximum atomic E-state index is 12.8. The number of halogens is 3. The molecule has 3 aromatic rings. The SMILES string of the molecule is CN1c2cc(Oc3ccc(C(O)C(F)(F)F)nc3)c(C3CCC(=O)O3)cc2NC1c1ccccn1. The quantitative estimate of drug-likeness (QED) is 0.497. The number of pyridine rings is 2. The summed E-state index contributed by atoms with van der Waals surface area (Å²) in [4.78, 5) is 21.9. The minimum absolute atomic E-state index is 0.170. The average molecular weight is 486 g/mol. The first-order valence-electron chi connectivity index (χ1n) is 10.9. The summed E-state index contributed by atoms with van der Waals surface area (Å²) in [6, 6.07) is 11.6. The van der Waals surface area contributed by atoms with Gasteiger partial charge in [0.1, 0.15) is 23.8 Å². The smallest absolute Gasteiger partial charge is 0.420 e. The number of benzene rings is 1. The highest BCUT2D eigenvalue weighted by atomic mass is 19.4. The van der Waals surface area contributed by atoms with Gasteiger partial charge in [-0.15, -0.1) is 0 Å². The number of aromatic nitrogens is 2. The van der Waals surface area contributed by atoms with Crippen LogP contribution in [0.15, 0.2) is 54.9 Å². The van der Waals surface area contributed by atoms with Crippen LogP contribution in [-0.4, -0.2) is 34.3 Å². The van der Waals surface area contributed by atoms with Gasteiger partial charge in [-0.1, -0.05) is 6.07 Å². The van der Waals surface area contributed by atoms with Gasteiger partial charge in [-0.3, -0.25) is 14.8 Å². The molecule has 8 nitrogen and oxygen atoms in total. The zero-order chi connectivity index (χ0) is 24.7. The third kappa shape index (κ3) is 4.46. The Balaban J connectivity index is 1.47. The summed E-state index contributed by atoms with van der Waals surface area (Å²) in [5.41, 5.74) is 2.50. The van der Waals surface area contributed by atoms with Crippen molar-refractivity contribution in [3.05, 3.63) is 71.8 Å². The fraction of sp³-hybridized carbons (Fsp3) is 0.292. The molecule has 0 spiro atoms. The van der Waals surface area contributed by atoms with Gasteiger partial charge in [0, 0.05) is 31.3 Å². The molecule has 1 aromatic carbocycles. The lowest BCUT2D eigenvalue weighted by atomic mass is 10.0. The molecular formula is C24H21F3N4O4. The van der Waals surface area contributed by atoms with Crippen LogP contribution >= 0.6 is 0 Å². The number of cyclic esters (lactones) is 1. The van der Waals surface area contributed by atoms with Crippen molar-refractivity contribution in [2.45, 2.75) is 37.4 Å². The third-order valence-electron chi connectivity index (χ3n) is 5.96. The highest BCUT2D eigenvalue weighted by molar-refractivity contribution is 5.80. The highest BCUT2D eigenvalue weighted by Gasteiger charge is 2.40. The number of esters is 1. The third-order valence-corrected chi connectivity index (χ3v) is 5.96. The first-order valence-corrected chi connectivity index (χ1v) is 10.9. The van der Waals surface area contributed by atoms with E-state index in [-0.39, 0.29) is 24.3 Å². The van der Waals surface area contributed by atoms with Crippen molar-refractivity contribution in [1.82, 2.24) is 9.97 Å². The van der Waals surface area contributed by atoms with E-state index in [1.54, 1.807) is 12.3 Å². The van der Waals surface area contributed by atoms with E-state index in [2.05, 4.69) is 15.3 Å². The molecule has 0 amide bonds. The van der Waals surface area contributed by atoms with E-state index < -0.39 is 24.1 Å². The Morgan fingerprint density at radius 2 is 2.06 bits per heavy atom. The van der Waals surface area contributed by atoms with Crippen LogP contribution in [-0.2, 0) is 9.53 Å². The molecule has 0 bridgehead atoms. The number of hydrogen-bond acceptors (Lipinski definition) is 8. The number of nitrogens with one attached hydrogen (secondary N) is 1. The van der Waals surface area contributed by atoms with E-state index >= 15 is 0 Å². The van der Waals surface area contributed by atoms with Gasteiger partial charge in [-0.05, 0) is 36.8 Å². The number of aliphatic hydroxyl groups excluding tert-OH is 1. The predicted molar refractivity (Wildman–Crippen MR) is 119 cm³/mol. The zero-order valence-corrected chi connectivity index (χ0v) is 18.5. The first-order chi connectivity index (χ1) is 16.7. The van der Waals surface area contributed by atoms with Gasteiger partial charge < -0.3 is 24.8 Å². The topological polar surface area (TPSA) is 96.8 Å². The number of aliphatic hydroxyl groups is 1. The van der Waals surface area contributed by atoms with E-state index in [0.29, 0.717) is 17.7 Å². The molecule has 3 atom stereocenters. The Labute approximate surface area is 198 Å². The highest BCUT2D eigenvalue weighted by Crippen LogP contribution is 2.47. The van der Waals surface area contributed by atoms with E-state index in [1.165, 1.54) is 6.07 Å². The molecule has 2 aliphatic heterocycles. The molecular weight excluding hydrogens is 465 g/mol. The van der Waals surface area contributed by atoms with Crippen molar-refractivity contribution in [3.8, 4) is 11.5 Å². The standard InChI is InChI=1S/C24H21F3N4O4/c1-31-18-11-20(34-13-5-6-15(29-12-13)22(33)24(25,26)27)14(19-7-8-21(32)35-19)10-17(18)30-23(31)16-4-2-3-9-28-16/h2-6,9-12,19,22-23,30,33H,7-8H2,1H3. The number of carbonyl (C=O) groups excluding carboxylic acids is 1. The molecule has 5 rings (SSSR count). The average Bonchev–Trinajstić information content (AvgIpc) is 3.41. The predicted octanol–water partition coefficient (Wildman–Crippen LogP) is 4.80. The summed E-state index contributed by atoms with van der Waals surface area (Å²) in [7, 11) is 1.89. The summed E-state index contributed by atoms with van der Waals surface area (Å²) in [5.74, 6) is 0.235. The fourth-order valence-electron chi connectivity index (χ4n) is 4.18. The summed E-state index contributed by atoms with van der Waals surface area (Å²) in [6.07, 6.45) is -4.70. The second-order valence-corrected chi connectivity index (χ2v) is 8.30. The molecule has 0 radical (unpaired) electrons. The van der Waals surface area contributed by atoms with E-state index in [1.807, 2.05) is 36.2 Å². The Morgan fingerprint density at radius 3 is 2.69 bits per heavy atom. The van der Waals surface area contributed by atoms with E-state index in [0.717, 1.165) is 29.3 Å². The molecule has 2 N–H and O–H groups in total. The molecule has 1 saturated heterocycles. The molecule has 182 valence electrons. The number of hydrogen-bond donors (Lipinski definition) is 2. The molecule has 2 aliphatic rings. The van der Waals surface area contributed by atoms with Gasteiger partial charge in [0.2, 0.25) is 0 Å². The molecule has 2 aromatic heterocycles. The maximum absolute atomic E-state index is 12.8. The largest absolute Gasteiger partial charge is 0.457 e. The van der Waals surface area contributed by atoms with Crippen LogP contribution < -0.4 is 15.0 Å². The van der Waals surface area contributed by atoms with E-state index in [4.69, 9.17) is 9.47 Å². The minimum Gasteiger partial charge on any atom is -0.457 e. The second-order valence-electron chi connectivity index (χ2n) is 8.30.